The van der Waals surface area contributed by atoms with Gasteiger partial charge in [0, 0.05) is 12.1 Å². The van der Waals surface area contributed by atoms with Gasteiger partial charge in [-0.2, -0.15) is 0 Å². The lowest BCUT2D eigenvalue weighted by molar-refractivity contribution is -0.124. The van der Waals surface area contributed by atoms with Crippen LogP contribution in [0.25, 0.3) is 0 Å². The van der Waals surface area contributed by atoms with Crippen LogP contribution in [0.2, 0.25) is 0 Å². The molecule has 2 aromatic rings. The number of halogens is 1. The van der Waals surface area contributed by atoms with Crippen molar-refractivity contribution in [3.05, 3.63) is 65.5 Å². The van der Waals surface area contributed by atoms with Crippen molar-refractivity contribution in [3.63, 3.8) is 0 Å². The molecule has 0 bridgehead atoms. The number of amides is 2. The molecule has 5 heteroatoms. The monoisotopic (exact) mass is 354 g/mol. The highest BCUT2D eigenvalue weighted by atomic mass is 19.1. The maximum absolute atomic E-state index is 13.1. The van der Waals surface area contributed by atoms with E-state index < -0.39 is 5.41 Å². The van der Waals surface area contributed by atoms with Crippen LogP contribution in [0, 0.1) is 5.82 Å². The highest BCUT2D eigenvalue weighted by molar-refractivity contribution is 5.92. The summed E-state index contributed by atoms with van der Waals surface area (Å²) in [7, 11) is 0. The fourth-order valence-electron chi connectivity index (χ4n) is 3.06. The third-order valence-electron chi connectivity index (χ3n) is 4.94. The van der Waals surface area contributed by atoms with Gasteiger partial charge < -0.3 is 10.6 Å². The van der Waals surface area contributed by atoms with Crippen molar-refractivity contribution in [3.8, 4) is 0 Å². The van der Waals surface area contributed by atoms with Gasteiger partial charge in [-0.25, -0.2) is 4.39 Å². The molecule has 136 valence electrons. The van der Waals surface area contributed by atoms with Crippen LogP contribution in [-0.4, -0.2) is 11.8 Å². The zero-order valence-electron chi connectivity index (χ0n) is 15.0. The topological polar surface area (TPSA) is 58.2 Å². The Kier molecular flexibility index (Phi) is 5.07. The van der Waals surface area contributed by atoms with Crippen molar-refractivity contribution < 1.29 is 14.0 Å². The van der Waals surface area contributed by atoms with Crippen LogP contribution in [0.1, 0.15) is 50.3 Å². The van der Waals surface area contributed by atoms with Gasteiger partial charge in [-0.3, -0.25) is 9.59 Å². The summed E-state index contributed by atoms with van der Waals surface area (Å²) in [6.45, 7) is 3.73. The molecule has 4 nitrogen and oxygen atoms in total. The lowest BCUT2D eigenvalue weighted by atomic mass is 9.94. The Morgan fingerprint density at radius 3 is 2.23 bits per heavy atom. The highest BCUT2D eigenvalue weighted by Crippen LogP contribution is 2.48. The van der Waals surface area contributed by atoms with Gasteiger partial charge in [0.15, 0.2) is 0 Å². The van der Waals surface area contributed by atoms with Crippen LogP contribution in [0.5, 0.6) is 0 Å². The maximum atomic E-state index is 13.1. The third-order valence-corrected chi connectivity index (χ3v) is 4.94. The predicted molar refractivity (Wildman–Crippen MR) is 99.2 cm³/mol. The van der Waals surface area contributed by atoms with E-state index in [1.165, 1.54) is 12.1 Å². The Morgan fingerprint density at radius 2 is 1.69 bits per heavy atom. The summed E-state index contributed by atoms with van der Waals surface area (Å²) < 4.78 is 13.1. The zero-order valence-corrected chi connectivity index (χ0v) is 15.0. The second kappa shape index (κ2) is 7.28. The molecule has 2 N–H and O–H groups in total. The third kappa shape index (κ3) is 3.77. The molecular formula is C21H23FN2O2. The number of hydrogen-bond donors (Lipinski definition) is 2. The number of hydrogen-bond acceptors (Lipinski definition) is 2. The lowest BCUT2D eigenvalue weighted by Gasteiger charge is -2.20. The van der Waals surface area contributed by atoms with E-state index in [2.05, 4.69) is 10.6 Å². The minimum Gasteiger partial charge on any atom is -0.349 e. The Morgan fingerprint density at radius 1 is 1.08 bits per heavy atom. The molecule has 1 aliphatic carbocycles. The van der Waals surface area contributed by atoms with E-state index in [9.17, 15) is 14.0 Å². The standard InChI is InChI=1S/C21H23FN2O2/c1-3-19(25)24-18-10-4-15(5-11-18)14(2)23-20(26)21(12-13-21)16-6-8-17(22)9-7-16/h4-11,14H,3,12-13H2,1-2H3,(H,23,26)(H,24,25). The predicted octanol–water partition coefficient (Wildman–Crippen LogP) is 4.08. The second-order valence-corrected chi connectivity index (χ2v) is 6.81. The molecule has 1 aliphatic rings. The zero-order chi connectivity index (χ0) is 18.7. The SMILES string of the molecule is CCC(=O)Nc1ccc(C(C)NC(=O)C2(c3ccc(F)cc3)CC2)cc1. The van der Waals surface area contributed by atoms with Crippen LogP contribution < -0.4 is 10.6 Å². The smallest absolute Gasteiger partial charge is 0.231 e. The van der Waals surface area contributed by atoms with Crippen molar-refractivity contribution in [1.29, 1.82) is 0 Å². The molecule has 2 amide bonds. The van der Waals surface area contributed by atoms with Gasteiger partial charge >= 0.3 is 0 Å². The van der Waals surface area contributed by atoms with Crippen LogP contribution in [0.3, 0.4) is 0 Å². The second-order valence-electron chi connectivity index (χ2n) is 6.81. The Labute approximate surface area is 152 Å². The summed E-state index contributed by atoms with van der Waals surface area (Å²) in [6.07, 6.45) is 1.98. The van der Waals surface area contributed by atoms with Crippen molar-refractivity contribution in [2.75, 3.05) is 5.32 Å². The molecule has 0 aromatic heterocycles. The first-order valence-electron chi connectivity index (χ1n) is 8.91. The molecule has 0 aliphatic heterocycles. The molecule has 1 atom stereocenters. The molecule has 0 heterocycles. The molecule has 0 spiro atoms. The summed E-state index contributed by atoms with van der Waals surface area (Å²) in [5.41, 5.74) is 2.03. The van der Waals surface area contributed by atoms with E-state index in [-0.39, 0.29) is 23.7 Å². The van der Waals surface area contributed by atoms with Gasteiger partial charge in [0.25, 0.3) is 0 Å². The van der Waals surface area contributed by atoms with E-state index >= 15 is 0 Å². The fraction of sp³-hybridized carbons (Fsp3) is 0.333. The Hall–Kier alpha value is -2.69. The van der Waals surface area contributed by atoms with Gasteiger partial charge in [0.05, 0.1) is 11.5 Å². The largest absolute Gasteiger partial charge is 0.349 e. The average molecular weight is 354 g/mol. The number of nitrogens with one attached hydrogen (secondary N) is 2. The van der Waals surface area contributed by atoms with Crippen LogP contribution in [0.4, 0.5) is 10.1 Å². The summed E-state index contributed by atoms with van der Waals surface area (Å²) in [5.74, 6) is -0.359. The highest BCUT2D eigenvalue weighted by Gasteiger charge is 2.51. The van der Waals surface area contributed by atoms with Crippen LogP contribution in [0.15, 0.2) is 48.5 Å². The summed E-state index contributed by atoms with van der Waals surface area (Å²) >= 11 is 0. The number of benzene rings is 2. The van der Waals surface area contributed by atoms with Crippen molar-refractivity contribution >= 4 is 17.5 Å². The lowest BCUT2D eigenvalue weighted by Crippen LogP contribution is -2.36. The molecule has 0 saturated heterocycles. The fourth-order valence-corrected chi connectivity index (χ4v) is 3.06. The molecule has 26 heavy (non-hydrogen) atoms. The van der Waals surface area contributed by atoms with E-state index in [1.807, 2.05) is 31.2 Å². The number of rotatable bonds is 6. The summed E-state index contributed by atoms with van der Waals surface area (Å²) in [5, 5.41) is 5.87. The van der Waals surface area contributed by atoms with Gasteiger partial charge in [-0.15, -0.1) is 0 Å². The number of carbonyl (C=O) groups excluding carboxylic acids is 2. The first-order valence-corrected chi connectivity index (χ1v) is 8.91. The van der Waals surface area contributed by atoms with E-state index in [0.717, 1.165) is 29.7 Å². The first kappa shape index (κ1) is 18.1. The molecule has 1 fully saturated rings. The van der Waals surface area contributed by atoms with Crippen molar-refractivity contribution in [1.82, 2.24) is 5.32 Å². The first-order chi connectivity index (χ1) is 12.4. The average Bonchev–Trinajstić information content (AvgIpc) is 3.44. The molecule has 3 rings (SSSR count). The molecule has 1 saturated carbocycles. The van der Waals surface area contributed by atoms with Gasteiger partial charge in [0.1, 0.15) is 5.82 Å². The van der Waals surface area contributed by atoms with Crippen LogP contribution in [-0.2, 0) is 15.0 Å². The van der Waals surface area contributed by atoms with E-state index in [1.54, 1.807) is 19.1 Å². The Balaban J connectivity index is 1.66. The van der Waals surface area contributed by atoms with Gasteiger partial charge in [-0.1, -0.05) is 31.2 Å². The summed E-state index contributed by atoms with van der Waals surface area (Å²) in [4.78, 5) is 24.2. The number of carbonyl (C=O) groups is 2. The van der Waals surface area contributed by atoms with Crippen LogP contribution >= 0.6 is 0 Å². The minimum atomic E-state index is -0.531. The molecular weight excluding hydrogens is 331 g/mol. The van der Waals surface area contributed by atoms with Gasteiger partial charge in [0.2, 0.25) is 11.8 Å². The van der Waals surface area contributed by atoms with Crippen molar-refractivity contribution in [2.24, 2.45) is 0 Å². The van der Waals surface area contributed by atoms with Gasteiger partial charge in [-0.05, 0) is 55.2 Å². The maximum Gasteiger partial charge on any atom is 0.231 e. The molecule has 1 unspecified atom stereocenters. The summed E-state index contributed by atoms with van der Waals surface area (Å²) in [6, 6.07) is 13.5. The van der Waals surface area contributed by atoms with E-state index in [0.29, 0.717) is 6.42 Å². The normalized spacial score (nSPS) is 15.8. The molecule has 2 aromatic carbocycles. The minimum absolute atomic E-state index is 0.0278. The van der Waals surface area contributed by atoms with E-state index in [4.69, 9.17) is 0 Å². The molecule has 0 radical (unpaired) electrons. The quantitative estimate of drug-likeness (QED) is 0.821. The Bertz CT molecular complexity index is 796. The number of anilines is 1. The van der Waals surface area contributed by atoms with Crippen molar-refractivity contribution in [2.45, 2.75) is 44.6 Å².